The molecule has 1 aliphatic rings. The number of likely N-dealkylation sites (tertiary alicyclic amines) is 1. The minimum atomic E-state index is -0.216. The fraction of sp³-hybridized carbons (Fsp3) is 0.538. The number of piperidine rings is 1. The molecule has 0 unspecified atom stereocenters. The lowest BCUT2D eigenvalue weighted by molar-refractivity contribution is 0.102. The largest absolute Gasteiger partial charge is 0.394 e. The maximum atomic E-state index is 13.6. The minimum absolute atomic E-state index is 0.0130. The van der Waals surface area contributed by atoms with E-state index in [2.05, 4.69) is 4.90 Å². The van der Waals surface area contributed by atoms with Crippen molar-refractivity contribution in [2.75, 3.05) is 19.7 Å². The Balaban J connectivity index is 2.18. The highest BCUT2D eigenvalue weighted by Crippen LogP contribution is 2.25. The third-order valence-corrected chi connectivity index (χ3v) is 3.27. The predicted molar refractivity (Wildman–Crippen MR) is 61.7 cm³/mol. The fourth-order valence-corrected chi connectivity index (χ4v) is 2.39. The summed E-state index contributed by atoms with van der Waals surface area (Å²) in [4.78, 5) is 2.18. The molecule has 2 nitrogen and oxygen atoms in total. The van der Waals surface area contributed by atoms with Gasteiger partial charge in [0.15, 0.2) is 0 Å². The predicted octanol–water partition coefficient (Wildman–Crippen LogP) is 2.35. The highest BCUT2D eigenvalue weighted by atomic mass is 19.1. The van der Waals surface area contributed by atoms with E-state index < -0.39 is 0 Å². The number of benzene rings is 1. The van der Waals surface area contributed by atoms with Crippen LogP contribution in [0.15, 0.2) is 24.3 Å². The van der Waals surface area contributed by atoms with E-state index in [1.54, 1.807) is 12.1 Å². The first-order valence-electron chi connectivity index (χ1n) is 5.92. The van der Waals surface area contributed by atoms with E-state index in [4.69, 9.17) is 0 Å². The molecule has 1 aromatic rings. The van der Waals surface area contributed by atoms with E-state index in [0.717, 1.165) is 25.9 Å². The summed E-state index contributed by atoms with van der Waals surface area (Å²) < 4.78 is 13.6. The van der Waals surface area contributed by atoms with Crippen LogP contribution >= 0.6 is 0 Å². The van der Waals surface area contributed by atoms with Gasteiger partial charge in [-0.25, -0.2) is 4.39 Å². The molecule has 1 atom stereocenters. The van der Waals surface area contributed by atoms with Gasteiger partial charge in [0.05, 0.1) is 12.6 Å². The van der Waals surface area contributed by atoms with E-state index >= 15 is 0 Å². The molecule has 3 heteroatoms. The van der Waals surface area contributed by atoms with Crippen molar-refractivity contribution in [3.63, 3.8) is 0 Å². The molecular weight excluding hydrogens is 205 g/mol. The lowest BCUT2D eigenvalue weighted by Gasteiger charge is -2.33. The standard InChI is InChI=1S/C13H18FNO/c14-12-7-3-2-6-11(12)13(10-16)15-8-4-1-5-9-15/h2-3,6-7,13,16H,1,4-5,8-10H2/t13-/m0/s1. The quantitative estimate of drug-likeness (QED) is 0.850. The van der Waals surface area contributed by atoms with Gasteiger partial charge in [0.1, 0.15) is 5.82 Å². The van der Waals surface area contributed by atoms with Gasteiger partial charge >= 0.3 is 0 Å². The Morgan fingerprint density at radius 1 is 1.19 bits per heavy atom. The second-order valence-corrected chi connectivity index (χ2v) is 4.32. The van der Waals surface area contributed by atoms with Crippen LogP contribution in [0.25, 0.3) is 0 Å². The van der Waals surface area contributed by atoms with Gasteiger partial charge in [-0.1, -0.05) is 24.6 Å². The molecule has 0 aromatic heterocycles. The lowest BCUT2D eigenvalue weighted by atomic mass is 10.0. The van der Waals surface area contributed by atoms with Crippen LogP contribution in [0.4, 0.5) is 4.39 Å². The zero-order chi connectivity index (χ0) is 11.4. The molecule has 0 aliphatic carbocycles. The van der Waals surface area contributed by atoms with Crippen LogP contribution in [0.1, 0.15) is 30.9 Å². The molecule has 0 spiro atoms. The number of hydrogen-bond donors (Lipinski definition) is 1. The number of halogens is 1. The van der Waals surface area contributed by atoms with Crippen molar-refractivity contribution in [3.05, 3.63) is 35.6 Å². The third kappa shape index (κ3) is 2.42. The Morgan fingerprint density at radius 3 is 2.50 bits per heavy atom. The SMILES string of the molecule is OC[C@@H](c1ccccc1F)N1CCCCC1. The van der Waals surface area contributed by atoms with Crippen LogP contribution < -0.4 is 0 Å². The minimum Gasteiger partial charge on any atom is -0.394 e. The van der Waals surface area contributed by atoms with E-state index in [9.17, 15) is 9.50 Å². The zero-order valence-electron chi connectivity index (χ0n) is 9.40. The normalized spacial score (nSPS) is 19.6. The number of rotatable bonds is 3. The Bertz CT molecular complexity index is 336. The molecule has 0 amide bonds. The number of nitrogens with zero attached hydrogens (tertiary/aromatic N) is 1. The molecule has 0 radical (unpaired) electrons. The number of aliphatic hydroxyl groups excluding tert-OH is 1. The molecule has 1 heterocycles. The third-order valence-electron chi connectivity index (χ3n) is 3.27. The molecule has 1 N–H and O–H groups in total. The maximum Gasteiger partial charge on any atom is 0.128 e. The van der Waals surface area contributed by atoms with Crippen molar-refractivity contribution in [1.29, 1.82) is 0 Å². The lowest BCUT2D eigenvalue weighted by Crippen LogP contribution is -2.36. The van der Waals surface area contributed by atoms with Gasteiger partial charge in [0, 0.05) is 5.56 Å². The summed E-state index contributed by atoms with van der Waals surface area (Å²) in [5, 5.41) is 9.45. The average molecular weight is 223 g/mol. The van der Waals surface area contributed by atoms with Gasteiger partial charge in [-0.15, -0.1) is 0 Å². The average Bonchev–Trinajstić information content (AvgIpc) is 2.34. The van der Waals surface area contributed by atoms with Crippen LogP contribution in [-0.2, 0) is 0 Å². The fourth-order valence-electron chi connectivity index (χ4n) is 2.39. The van der Waals surface area contributed by atoms with Crippen LogP contribution in [0.5, 0.6) is 0 Å². The monoisotopic (exact) mass is 223 g/mol. The van der Waals surface area contributed by atoms with Crippen LogP contribution in [0.2, 0.25) is 0 Å². The van der Waals surface area contributed by atoms with Crippen LogP contribution in [-0.4, -0.2) is 29.7 Å². The Labute approximate surface area is 95.7 Å². The van der Waals surface area contributed by atoms with E-state index in [1.807, 2.05) is 6.07 Å². The summed E-state index contributed by atoms with van der Waals surface area (Å²) in [5.74, 6) is -0.216. The van der Waals surface area contributed by atoms with Gasteiger partial charge in [0.25, 0.3) is 0 Å². The molecule has 1 aromatic carbocycles. The highest BCUT2D eigenvalue weighted by molar-refractivity contribution is 5.21. The summed E-state index contributed by atoms with van der Waals surface area (Å²) in [6, 6.07) is 6.56. The molecule has 88 valence electrons. The summed E-state index contributed by atoms with van der Waals surface area (Å²) >= 11 is 0. The van der Waals surface area contributed by atoms with E-state index in [0.29, 0.717) is 5.56 Å². The van der Waals surface area contributed by atoms with Crippen molar-refractivity contribution in [2.24, 2.45) is 0 Å². The van der Waals surface area contributed by atoms with Gasteiger partial charge in [-0.05, 0) is 32.0 Å². The molecule has 2 rings (SSSR count). The summed E-state index contributed by atoms with van der Waals surface area (Å²) in [7, 11) is 0. The van der Waals surface area contributed by atoms with Crippen LogP contribution in [0, 0.1) is 5.82 Å². The second kappa shape index (κ2) is 5.41. The first-order chi connectivity index (χ1) is 7.83. The Morgan fingerprint density at radius 2 is 1.88 bits per heavy atom. The molecule has 1 fully saturated rings. The molecule has 1 aliphatic heterocycles. The molecule has 0 bridgehead atoms. The highest BCUT2D eigenvalue weighted by Gasteiger charge is 2.23. The smallest absolute Gasteiger partial charge is 0.128 e. The van der Waals surface area contributed by atoms with Gasteiger partial charge in [-0.2, -0.15) is 0 Å². The second-order valence-electron chi connectivity index (χ2n) is 4.32. The van der Waals surface area contributed by atoms with Crippen molar-refractivity contribution in [1.82, 2.24) is 4.90 Å². The molecular formula is C13H18FNO. The van der Waals surface area contributed by atoms with Crippen molar-refractivity contribution in [3.8, 4) is 0 Å². The topological polar surface area (TPSA) is 23.5 Å². The molecule has 0 saturated carbocycles. The summed E-state index contributed by atoms with van der Waals surface area (Å²) in [6.45, 7) is 1.90. The van der Waals surface area contributed by atoms with Crippen LogP contribution in [0.3, 0.4) is 0 Å². The van der Waals surface area contributed by atoms with Crippen molar-refractivity contribution >= 4 is 0 Å². The van der Waals surface area contributed by atoms with Crippen molar-refractivity contribution in [2.45, 2.75) is 25.3 Å². The molecule has 16 heavy (non-hydrogen) atoms. The Hall–Kier alpha value is -0.930. The molecule has 1 saturated heterocycles. The Kier molecular flexibility index (Phi) is 3.91. The number of hydrogen-bond acceptors (Lipinski definition) is 2. The first-order valence-corrected chi connectivity index (χ1v) is 5.92. The van der Waals surface area contributed by atoms with Crippen molar-refractivity contribution < 1.29 is 9.50 Å². The summed E-state index contributed by atoms with van der Waals surface area (Å²) in [6.07, 6.45) is 3.53. The van der Waals surface area contributed by atoms with Gasteiger partial charge in [-0.3, -0.25) is 4.90 Å². The van der Waals surface area contributed by atoms with E-state index in [-0.39, 0.29) is 18.5 Å². The van der Waals surface area contributed by atoms with Gasteiger partial charge in [0.2, 0.25) is 0 Å². The maximum absolute atomic E-state index is 13.6. The zero-order valence-corrected chi connectivity index (χ0v) is 9.40. The van der Waals surface area contributed by atoms with Gasteiger partial charge < -0.3 is 5.11 Å². The number of aliphatic hydroxyl groups is 1. The van der Waals surface area contributed by atoms with E-state index in [1.165, 1.54) is 12.5 Å². The summed E-state index contributed by atoms with van der Waals surface area (Å²) in [5.41, 5.74) is 0.618. The first kappa shape index (κ1) is 11.6.